The first kappa shape index (κ1) is 11.8. The lowest BCUT2D eigenvalue weighted by atomic mass is 10.3. The number of carbonyl (C=O) groups is 1. The second-order valence-electron chi connectivity index (χ2n) is 3.74. The van der Waals surface area contributed by atoms with Gasteiger partial charge in [-0.2, -0.15) is 0 Å². The molecule has 1 amide bonds. The number of pyridine rings is 1. The Bertz CT molecular complexity index is 534. The summed E-state index contributed by atoms with van der Waals surface area (Å²) in [5.74, 6) is 0.542. The summed E-state index contributed by atoms with van der Waals surface area (Å²) in [7, 11) is 0. The predicted molar refractivity (Wildman–Crippen MR) is 70.6 cm³/mol. The van der Waals surface area contributed by atoms with E-state index in [1.165, 1.54) is 16.2 Å². The molecule has 3 nitrogen and oxygen atoms in total. The van der Waals surface area contributed by atoms with Crippen molar-refractivity contribution in [2.24, 2.45) is 0 Å². The van der Waals surface area contributed by atoms with Gasteiger partial charge in [0, 0.05) is 11.1 Å². The largest absolute Gasteiger partial charge is 0.306 e. The van der Waals surface area contributed by atoms with Crippen LogP contribution in [-0.4, -0.2) is 10.9 Å². The van der Waals surface area contributed by atoms with E-state index in [-0.39, 0.29) is 5.91 Å². The predicted octanol–water partition coefficient (Wildman–Crippen LogP) is 3.27. The minimum Gasteiger partial charge on any atom is -0.306 e. The van der Waals surface area contributed by atoms with Crippen LogP contribution < -0.4 is 5.32 Å². The Labute approximate surface area is 105 Å². The molecule has 1 N–H and O–H groups in total. The SMILES string of the molecule is CCc1ccc(C(=O)Nc2ncccc2C)s1. The summed E-state index contributed by atoms with van der Waals surface area (Å²) in [6.07, 6.45) is 2.63. The molecule has 88 valence electrons. The molecule has 0 unspecified atom stereocenters. The summed E-state index contributed by atoms with van der Waals surface area (Å²) in [5.41, 5.74) is 0.966. The molecule has 2 heterocycles. The molecular formula is C13H14N2OS. The summed E-state index contributed by atoms with van der Waals surface area (Å²) < 4.78 is 0. The van der Waals surface area contributed by atoms with Gasteiger partial charge in [-0.05, 0) is 37.1 Å². The maximum atomic E-state index is 12.0. The van der Waals surface area contributed by atoms with Crippen LogP contribution in [0.25, 0.3) is 0 Å². The van der Waals surface area contributed by atoms with Gasteiger partial charge in [0.25, 0.3) is 5.91 Å². The molecule has 2 rings (SSSR count). The van der Waals surface area contributed by atoms with Crippen LogP contribution in [0.3, 0.4) is 0 Å². The van der Waals surface area contributed by atoms with Crippen LogP contribution in [0.2, 0.25) is 0 Å². The second kappa shape index (κ2) is 5.10. The highest BCUT2D eigenvalue weighted by atomic mass is 32.1. The van der Waals surface area contributed by atoms with Crippen molar-refractivity contribution in [2.45, 2.75) is 20.3 Å². The van der Waals surface area contributed by atoms with Crippen molar-refractivity contribution >= 4 is 23.1 Å². The first-order valence-corrected chi connectivity index (χ1v) is 6.34. The first-order valence-electron chi connectivity index (χ1n) is 5.52. The first-order chi connectivity index (χ1) is 8.20. The van der Waals surface area contributed by atoms with Crippen molar-refractivity contribution in [3.05, 3.63) is 45.8 Å². The fraction of sp³-hybridized carbons (Fsp3) is 0.231. The number of hydrogen-bond acceptors (Lipinski definition) is 3. The molecule has 0 aliphatic carbocycles. The number of thiophene rings is 1. The Morgan fingerprint density at radius 3 is 2.88 bits per heavy atom. The fourth-order valence-electron chi connectivity index (χ4n) is 1.48. The summed E-state index contributed by atoms with van der Waals surface area (Å²) in [6, 6.07) is 7.63. The Kier molecular flexibility index (Phi) is 3.54. The zero-order valence-corrected chi connectivity index (χ0v) is 10.7. The van der Waals surface area contributed by atoms with Crippen LogP contribution in [-0.2, 0) is 6.42 Å². The smallest absolute Gasteiger partial charge is 0.266 e. The standard InChI is InChI=1S/C13H14N2OS/c1-3-10-6-7-11(17-10)13(16)15-12-9(2)5-4-8-14-12/h4-8H,3H2,1-2H3,(H,14,15,16). The minimum atomic E-state index is -0.0866. The van der Waals surface area contributed by atoms with Gasteiger partial charge in [0.05, 0.1) is 4.88 Å². The number of amides is 1. The zero-order valence-electron chi connectivity index (χ0n) is 9.86. The number of anilines is 1. The monoisotopic (exact) mass is 246 g/mol. The highest BCUT2D eigenvalue weighted by Crippen LogP contribution is 2.19. The lowest BCUT2D eigenvalue weighted by Gasteiger charge is -2.04. The molecule has 17 heavy (non-hydrogen) atoms. The molecule has 2 aromatic heterocycles. The zero-order chi connectivity index (χ0) is 12.3. The van der Waals surface area contributed by atoms with E-state index in [0.717, 1.165) is 16.9 Å². The van der Waals surface area contributed by atoms with Gasteiger partial charge in [0.2, 0.25) is 0 Å². The van der Waals surface area contributed by atoms with Crippen LogP contribution in [0.1, 0.15) is 27.0 Å². The van der Waals surface area contributed by atoms with Crippen molar-refractivity contribution in [1.29, 1.82) is 0 Å². The summed E-state index contributed by atoms with van der Waals surface area (Å²) in [5, 5.41) is 2.82. The van der Waals surface area contributed by atoms with E-state index < -0.39 is 0 Å². The van der Waals surface area contributed by atoms with E-state index in [9.17, 15) is 4.79 Å². The number of nitrogens with one attached hydrogen (secondary N) is 1. The van der Waals surface area contributed by atoms with Crippen LogP contribution in [0, 0.1) is 6.92 Å². The molecular weight excluding hydrogens is 232 g/mol. The van der Waals surface area contributed by atoms with Gasteiger partial charge in [-0.15, -0.1) is 11.3 Å². The summed E-state index contributed by atoms with van der Waals surface area (Å²) in [6.45, 7) is 4.00. The van der Waals surface area contributed by atoms with Gasteiger partial charge in [-0.1, -0.05) is 13.0 Å². The third-order valence-electron chi connectivity index (χ3n) is 2.48. The Hall–Kier alpha value is -1.68. The highest BCUT2D eigenvalue weighted by molar-refractivity contribution is 7.14. The van der Waals surface area contributed by atoms with Gasteiger partial charge >= 0.3 is 0 Å². The van der Waals surface area contributed by atoms with Crippen LogP contribution in [0.5, 0.6) is 0 Å². The molecule has 0 bridgehead atoms. The maximum absolute atomic E-state index is 12.0. The number of aromatic nitrogens is 1. The summed E-state index contributed by atoms with van der Waals surface area (Å²) in [4.78, 5) is 18.0. The van der Waals surface area contributed by atoms with E-state index in [0.29, 0.717) is 5.82 Å². The number of carbonyl (C=O) groups excluding carboxylic acids is 1. The maximum Gasteiger partial charge on any atom is 0.266 e. The van der Waals surface area contributed by atoms with E-state index in [1.54, 1.807) is 6.20 Å². The van der Waals surface area contributed by atoms with E-state index in [1.807, 2.05) is 31.2 Å². The van der Waals surface area contributed by atoms with Gasteiger partial charge < -0.3 is 5.32 Å². The topological polar surface area (TPSA) is 42.0 Å². The Morgan fingerprint density at radius 2 is 2.24 bits per heavy atom. The molecule has 0 fully saturated rings. The van der Waals surface area contributed by atoms with Crippen molar-refractivity contribution < 1.29 is 4.79 Å². The van der Waals surface area contributed by atoms with Crippen molar-refractivity contribution in [3.8, 4) is 0 Å². The molecule has 0 aliphatic heterocycles. The molecule has 0 spiro atoms. The number of nitrogens with zero attached hydrogens (tertiary/aromatic N) is 1. The van der Waals surface area contributed by atoms with Gasteiger partial charge in [0.1, 0.15) is 5.82 Å². The minimum absolute atomic E-state index is 0.0866. The van der Waals surface area contributed by atoms with E-state index in [4.69, 9.17) is 0 Å². The van der Waals surface area contributed by atoms with E-state index in [2.05, 4.69) is 17.2 Å². The van der Waals surface area contributed by atoms with Crippen LogP contribution in [0.15, 0.2) is 30.5 Å². The van der Waals surface area contributed by atoms with Crippen molar-refractivity contribution in [3.63, 3.8) is 0 Å². The second-order valence-corrected chi connectivity index (χ2v) is 4.91. The quantitative estimate of drug-likeness (QED) is 0.903. The molecule has 0 saturated carbocycles. The highest BCUT2D eigenvalue weighted by Gasteiger charge is 2.10. The fourth-order valence-corrected chi connectivity index (χ4v) is 2.32. The Morgan fingerprint density at radius 1 is 1.41 bits per heavy atom. The average Bonchev–Trinajstić information content (AvgIpc) is 2.81. The molecule has 0 saturated heterocycles. The molecule has 0 aromatic carbocycles. The lowest BCUT2D eigenvalue weighted by molar-refractivity contribution is 0.103. The molecule has 2 aromatic rings. The Balaban J connectivity index is 2.14. The molecule has 0 aliphatic rings. The van der Waals surface area contributed by atoms with Crippen molar-refractivity contribution in [1.82, 2.24) is 4.98 Å². The normalized spacial score (nSPS) is 10.2. The van der Waals surface area contributed by atoms with Crippen LogP contribution >= 0.6 is 11.3 Å². The number of rotatable bonds is 3. The molecule has 0 radical (unpaired) electrons. The van der Waals surface area contributed by atoms with Crippen LogP contribution in [0.4, 0.5) is 5.82 Å². The van der Waals surface area contributed by atoms with Gasteiger partial charge in [-0.25, -0.2) is 4.98 Å². The molecule has 0 atom stereocenters. The van der Waals surface area contributed by atoms with Gasteiger partial charge in [0.15, 0.2) is 0 Å². The van der Waals surface area contributed by atoms with E-state index >= 15 is 0 Å². The van der Waals surface area contributed by atoms with Gasteiger partial charge in [-0.3, -0.25) is 4.79 Å². The van der Waals surface area contributed by atoms with Crippen molar-refractivity contribution in [2.75, 3.05) is 5.32 Å². The third kappa shape index (κ3) is 2.71. The average molecular weight is 246 g/mol. The third-order valence-corrected chi connectivity index (χ3v) is 3.70. The number of aryl methyl sites for hydroxylation is 2. The molecule has 4 heteroatoms. The number of hydrogen-bond donors (Lipinski definition) is 1. The lowest BCUT2D eigenvalue weighted by Crippen LogP contribution is -2.12. The summed E-state index contributed by atoms with van der Waals surface area (Å²) >= 11 is 1.53.